The Hall–Kier alpha value is -2.27. The first kappa shape index (κ1) is 12.7. The number of nitrogens with two attached hydrogens (primary N) is 1. The van der Waals surface area contributed by atoms with Crippen LogP contribution in [0.2, 0.25) is 0 Å². The summed E-state index contributed by atoms with van der Waals surface area (Å²) in [5, 5.41) is 4.05. The highest BCUT2D eigenvalue weighted by Gasteiger charge is 2.16. The van der Waals surface area contributed by atoms with Gasteiger partial charge in [0.05, 0.1) is 0 Å². The van der Waals surface area contributed by atoms with Crippen molar-refractivity contribution in [3.8, 4) is 0 Å². The van der Waals surface area contributed by atoms with E-state index in [1.54, 1.807) is 0 Å². The monoisotopic (exact) mass is 267 g/mol. The van der Waals surface area contributed by atoms with Crippen molar-refractivity contribution in [3.05, 3.63) is 59.7 Å². The molecule has 1 aliphatic heterocycles. The largest absolute Gasteiger partial charge is 0.330 e. The molecule has 20 heavy (non-hydrogen) atoms. The van der Waals surface area contributed by atoms with Gasteiger partial charge in [-0.05, 0) is 16.7 Å². The SMILES string of the molecule is NCC(c1ccc(C2C=NNC2)cc1)c1cncnc1. The molecular formula is C15H17N5. The number of aromatic nitrogens is 2. The van der Waals surface area contributed by atoms with Crippen LogP contribution in [0.3, 0.4) is 0 Å². The van der Waals surface area contributed by atoms with Crippen molar-refractivity contribution in [2.45, 2.75) is 11.8 Å². The highest BCUT2D eigenvalue weighted by atomic mass is 15.3. The summed E-state index contributed by atoms with van der Waals surface area (Å²) < 4.78 is 0. The molecule has 0 fully saturated rings. The molecule has 102 valence electrons. The van der Waals surface area contributed by atoms with Crippen LogP contribution in [0, 0.1) is 0 Å². The molecule has 2 heterocycles. The Labute approximate surface area is 118 Å². The molecule has 0 radical (unpaired) electrons. The molecule has 5 heteroatoms. The van der Waals surface area contributed by atoms with E-state index in [2.05, 4.69) is 44.8 Å². The van der Waals surface area contributed by atoms with Crippen LogP contribution in [0.5, 0.6) is 0 Å². The minimum absolute atomic E-state index is 0.139. The molecule has 1 aliphatic rings. The predicted octanol–water partition coefficient (Wildman–Crippen LogP) is 1.24. The van der Waals surface area contributed by atoms with Crippen molar-refractivity contribution in [3.63, 3.8) is 0 Å². The van der Waals surface area contributed by atoms with E-state index in [1.807, 2.05) is 18.6 Å². The van der Waals surface area contributed by atoms with E-state index in [0.29, 0.717) is 12.5 Å². The number of hydrazone groups is 1. The number of hydrogen-bond acceptors (Lipinski definition) is 5. The van der Waals surface area contributed by atoms with E-state index in [-0.39, 0.29) is 5.92 Å². The van der Waals surface area contributed by atoms with Gasteiger partial charge in [0.2, 0.25) is 0 Å². The Morgan fingerprint density at radius 2 is 1.90 bits per heavy atom. The first-order valence-corrected chi connectivity index (χ1v) is 6.69. The minimum Gasteiger partial charge on any atom is -0.330 e. The van der Waals surface area contributed by atoms with Gasteiger partial charge in [-0.25, -0.2) is 9.97 Å². The summed E-state index contributed by atoms with van der Waals surface area (Å²) >= 11 is 0. The first-order valence-electron chi connectivity index (χ1n) is 6.69. The van der Waals surface area contributed by atoms with E-state index < -0.39 is 0 Å². The average molecular weight is 267 g/mol. The third kappa shape index (κ3) is 2.53. The second-order valence-corrected chi connectivity index (χ2v) is 4.87. The van der Waals surface area contributed by atoms with E-state index >= 15 is 0 Å². The maximum absolute atomic E-state index is 5.91. The van der Waals surface area contributed by atoms with Gasteiger partial charge in [-0.3, -0.25) is 0 Å². The molecule has 0 amide bonds. The molecule has 2 aromatic rings. The Bertz CT molecular complexity index is 579. The van der Waals surface area contributed by atoms with Gasteiger partial charge >= 0.3 is 0 Å². The van der Waals surface area contributed by atoms with Crippen LogP contribution in [0.15, 0.2) is 48.1 Å². The van der Waals surface area contributed by atoms with E-state index in [9.17, 15) is 0 Å². The van der Waals surface area contributed by atoms with Gasteiger partial charge in [0.15, 0.2) is 0 Å². The van der Waals surface area contributed by atoms with Crippen LogP contribution in [0.4, 0.5) is 0 Å². The molecule has 0 bridgehead atoms. The molecule has 3 rings (SSSR count). The van der Waals surface area contributed by atoms with E-state index in [0.717, 1.165) is 12.1 Å². The zero-order valence-corrected chi connectivity index (χ0v) is 11.1. The molecule has 3 N–H and O–H groups in total. The molecule has 1 aromatic carbocycles. The molecule has 0 spiro atoms. The zero-order chi connectivity index (χ0) is 13.8. The average Bonchev–Trinajstić information content (AvgIpc) is 3.04. The van der Waals surface area contributed by atoms with Gasteiger partial charge in [0, 0.05) is 43.5 Å². The molecule has 0 aliphatic carbocycles. The number of nitrogens with zero attached hydrogens (tertiary/aromatic N) is 3. The summed E-state index contributed by atoms with van der Waals surface area (Å²) in [5.74, 6) is 0.501. The fraction of sp³-hybridized carbons (Fsp3) is 0.267. The second-order valence-electron chi connectivity index (χ2n) is 4.87. The topological polar surface area (TPSA) is 76.2 Å². The normalized spacial score (nSPS) is 18.8. The molecule has 1 aromatic heterocycles. The lowest BCUT2D eigenvalue weighted by molar-refractivity contribution is 0.762. The number of hydrogen-bond donors (Lipinski definition) is 2. The van der Waals surface area contributed by atoms with Crippen molar-refractivity contribution in [1.29, 1.82) is 0 Å². The Morgan fingerprint density at radius 1 is 1.15 bits per heavy atom. The lowest BCUT2D eigenvalue weighted by Gasteiger charge is -2.16. The van der Waals surface area contributed by atoms with Crippen LogP contribution >= 0.6 is 0 Å². The fourth-order valence-corrected chi connectivity index (χ4v) is 2.48. The third-order valence-electron chi connectivity index (χ3n) is 3.64. The first-order chi connectivity index (χ1) is 9.88. The van der Waals surface area contributed by atoms with Crippen LogP contribution in [0.1, 0.15) is 28.5 Å². The van der Waals surface area contributed by atoms with Gasteiger partial charge in [-0.15, -0.1) is 0 Å². The van der Waals surface area contributed by atoms with Crippen molar-refractivity contribution in [1.82, 2.24) is 15.4 Å². The molecule has 0 saturated carbocycles. The van der Waals surface area contributed by atoms with Crippen molar-refractivity contribution in [2.75, 3.05) is 13.1 Å². The standard InChI is InChI=1S/C15H17N5/c16-5-15(14-6-17-10-18-7-14)12-3-1-11(2-4-12)13-8-19-20-9-13/h1-4,6-8,10,13,15,20H,5,9,16H2. The molecule has 2 unspecified atom stereocenters. The number of benzene rings is 1. The highest BCUT2D eigenvalue weighted by molar-refractivity contribution is 5.69. The van der Waals surface area contributed by atoms with Crippen molar-refractivity contribution < 1.29 is 0 Å². The maximum Gasteiger partial charge on any atom is 0.115 e. The van der Waals surface area contributed by atoms with E-state index in [4.69, 9.17) is 5.73 Å². The molecular weight excluding hydrogens is 250 g/mol. The smallest absolute Gasteiger partial charge is 0.115 e. The van der Waals surface area contributed by atoms with Gasteiger partial charge < -0.3 is 11.2 Å². The molecule has 2 atom stereocenters. The summed E-state index contributed by atoms with van der Waals surface area (Å²) in [6.07, 6.45) is 7.13. The Kier molecular flexibility index (Phi) is 3.69. The summed E-state index contributed by atoms with van der Waals surface area (Å²) in [7, 11) is 0. The lowest BCUT2D eigenvalue weighted by atomic mass is 9.91. The number of rotatable bonds is 4. The van der Waals surface area contributed by atoms with E-state index in [1.165, 1.54) is 17.5 Å². The van der Waals surface area contributed by atoms with Crippen LogP contribution in [0.25, 0.3) is 0 Å². The third-order valence-corrected chi connectivity index (χ3v) is 3.64. The van der Waals surface area contributed by atoms with Crippen molar-refractivity contribution >= 4 is 6.21 Å². The highest BCUT2D eigenvalue weighted by Crippen LogP contribution is 2.24. The van der Waals surface area contributed by atoms with Gasteiger partial charge in [-0.1, -0.05) is 24.3 Å². The summed E-state index contributed by atoms with van der Waals surface area (Å²) in [5.41, 5.74) is 12.4. The van der Waals surface area contributed by atoms with Crippen molar-refractivity contribution in [2.24, 2.45) is 10.8 Å². The van der Waals surface area contributed by atoms with Crippen LogP contribution < -0.4 is 11.2 Å². The maximum atomic E-state index is 5.91. The zero-order valence-electron chi connectivity index (χ0n) is 11.1. The molecule has 5 nitrogen and oxygen atoms in total. The van der Waals surface area contributed by atoms with Crippen LogP contribution in [-0.4, -0.2) is 29.3 Å². The van der Waals surface area contributed by atoms with Gasteiger partial charge in [0.25, 0.3) is 0 Å². The Balaban J connectivity index is 1.84. The summed E-state index contributed by atoms with van der Waals surface area (Å²) in [6, 6.07) is 8.55. The summed E-state index contributed by atoms with van der Waals surface area (Å²) in [4.78, 5) is 8.13. The number of nitrogens with one attached hydrogen (secondary N) is 1. The van der Waals surface area contributed by atoms with Gasteiger partial charge in [-0.2, -0.15) is 5.10 Å². The lowest BCUT2D eigenvalue weighted by Crippen LogP contribution is -2.14. The second kappa shape index (κ2) is 5.79. The minimum atomic E-state index is 0.139. The fourth-order valence-electron chi connectivity index (χ4n) is 2.48. The quantitative estimate of drug-likeness (QED) is 0.874. The predicted molar refractivity (Wildman–Crippen MR) is 78.6 cm³/mol. The summed E-state index contributed by atoms with van der Waals surface area (Å²) in [6.45, 7) is 1.41. The van der Waals surface area contributed by atoms with Crippen LogP contribution in [-0.2, 0) is 0 Å². The van der Waals surface area contributed by atoms with Gasteiger partial charge in [0.1, 0.15) is 6.33 Å². The molecule has 0 saturated heterocycles. The Morgan fingerprint density at radius 3 is 2.50 bits per heavy atom.